The van der Waals surface area contributed by atoms with E-state index >= 15 is 0 Å². The maximum atomic E-state index is 13.3. The average Bonchev–Trinajstić information content (AvgIpc) is 2.84. The lowest BCUT2D eigenvalue weighted by Gasteiger charge is -2.65. The minimum Gasteiger partial charge on any atom is -0.348 e. The molecular weight excluding hydrogens is 322 g/mol. The summed E-state index contributed by atoms with van der Waals surface area (Å²) in [5.74, 6) is 0.535. The first-order valence-electron chi connectivity index (χ1n) is 9.97. The van der Waals surface area contributed by atoms with E-state index in [1.807, 2.05) is 0 Å². The topological polar surface area (TPSA) is 28.5 Å². The van der Waals surface area contributed by atoms with Gasteiger partial charge in [-0.3, -0.25) is 14.6 Å². The van der Waals surface area contributed by atoms with Crippen LogP contribution in [0.2, 0.25) is 0 Å². The van der Waals surface area contributed by atoms with Gasteiger partial charge < -0.3 is 4.57 Å². The summed E-state index contributed by atoms with van der Waals surface area (Å²) in [5, 5.41) is 1.37. The molecule has 4 nitrogen and oxygen atoms in total. The Morgan fingerprint density at radius 2 is 1.77 bits per heavy atom. The third kappa shape index (κ3) is 1.89. The Labute approximate surface area is 155 Å². The van der Waals surface area contributed by atoms with Gasteiger partial charge in [-0.2, -0.15) is 0 Å². The van der Waals surface area contributed by atoms with E-state index in [-0.39, 0.29) is 10.8 Å². The van der Waals surface area contributed by atoms with Crippen LogP contribution in [0.4, 0.5) is 0 Å². The Balaban J connectivity index is 1.65. The fourth-order valence-corrected chi connectivity index (χ4v) is 6.38. The van der Waals surface area contributed by atoms with Crippen LogP contribution in [0, 0.1) is 17.8 Å². The van der Waals surface area contributed by atoms with Gasteiger partial charge in [-0.25, -0.2) is 0 Å². The van der Waals surface area contributed by atoms with Gasteiger partial charge in [-0.15, -0.1) is 0 Å². The van der Waals surface area contributed by atoms with Crippen LogP contribution in [0.1, 0.15) is 44.1 Å². The van der Waals surface area contributed by atoms with E-state index in [9.17, 15) is 4.79 Å². The van der Waals surface area contributed by atoms with E-state index in [1.165, 1.54) is 22.2 Å². The van der Waals surface area contributed by atoms with Gasteiger partial charge >= 0.3 is 0 Å². The second kappa shape index (κ2) is 5.20. The van der Waals surface area contributed by atoms with E-state index in [0.29, 0.717) is 11.9 Å². The molecule has 0 saturated carbocycles. The molecule has 2 aromatic rings. The van der Waals surface area contributed by atoms with Crippen molar-refractivity contribution < 1.29 is 4.79 Å². The van der Waals surface area contributed by atoms with Crippen molar-refractivity contribution in [2.24, 2.45) is 17.9 Å². The minimum absolute atomic E-state index is 0.144. The predicted octanol–water partition coefficient (Wildman–Crippen LogP) is 3.49. The number of aromatic nitrogens is 1. The number of ketones is 1. The maximum absolute atomic E-state index is 13.3. The molecule has 0 amide bonds. The fourth-order valence-electron chi connectivity index (χ4n) is 6.38. The van der Waals surface area contributed by atoms with Crippen LogP contribution in [-0.2, 0) is 11.8 Å². The molecule has 4 bridgehead atoms. The second-order valence-electron chi connectivity index (χ2n) is 9.18. The number of Topliss-reactive ketones (excluding diaryl/α,β-unsaturated/α-hetero) is 1. The monoisotopic (exact) mass is 351 g/mol. The highest BCUT2D eigenvalue weighted by molar-refractivity contribution is 5.93. The molecule has 2 atom stereocenters. The number of carbonyl (C=O) groups excluding carboxylic acids is 1. The van der Waals surface area contributed by atoms with Crippen LogP contribution >= 0.6 is 0 Å². The van der Waals surface area contributed by atoms with E-state index in [1.54, 1.807) is 0 Å². The molecular formula is C22H29N3O. The van der Waals surface area contributed by atoms with Gasteiger partial charge in [0.2, 0.25) is 0 Å². The molecule has 1 aromatic carbocycles. The Hall–Kier alpha value is -1.65. The van der Waals surface area contributed by atoms with Crippen molar-refractivity contribution in [1.29, 1.82) is 0 Å². The van der Waals surface area contributed by atoms with Gasteiger partial charge in [0.1, 0.15) is 5.78 Å². The number of fused-ring (bicyclic) bond motifs is 1. The van der Waals surface area contributed by atoms with Gasteiger partial charge in [0.15, 0.2) is 0 Å². The van der Waals surface area contributed by atoms with Crippen molar-refractivity contribution in [1.82, 2.24) is 14.4 Å². The summed E-state index contributed by atoms with van der Waals surface area (Å²) >= 11 is 0. The standard InChI is InChI=1S/C22H29N3O/c1-5-10-22-13-24-11-21(3,20(22)26)12-25(14-22)19(24)18-15(2)23(4)17-9-7-6-8-16(17)18/h6-9,19H,5,10-14H2,1-4H3. The highest BCUT2D eigenvalue weighted by atomic mass is 16.1. The lowest BCUT2D eigenvalue weighted by Crippen LogP contribution is -2.76. The Bertz CT molecular complexity index is 895. The molecule has 4 saturated heterocycles. The summed E-state index contributed by atoms with van der Waals surface area (Å²) in [4.78, 5) is 18.5. The summed E-state index contributed by atoms with van der Waals surface area (Å²) in [7, 11) is 2.17. The van der Waals surface area contributed by atoms with Gasteiger partial charge in [0.05, 0.1) is 17.0 Å². The van der Waals surface area contributed by atoms with Crippen molar-refractivity contribution in [3.05, 3.63) is 35.5 Å². The molecule has 4 fully saturated rings. The van der Waals surface area contributed by atoms with Crippen LogP contribution in [0.25, 0.3) is 10.9 Å². The second-order valence-corrected chi connectivity index (χ2v) is 9.18. The van der Waals surface area contributed by atoms with Crippen LogP contribution in [-0.4, -0.2) is 46.3 Å². The predicted molar refractivity (Wildman–Crippen MR) is 104 cm³/mol. The molecule has 5 heterocycles. The average molecular weight is 351 g/mol. The van der Waals surface area contributed by atoms with Gasteiger partial charge in [0.25, 0.3) is 0 Å². The highest BCUT2D eigenvalue weighted by Crippen LogP contribution is 2.54. The molecule has 4 aliphatic heterocycles. The zero-order valence-electron chi connectivity index (χ0n) is 16.4. The summed E-state index contributed by atoms with van der Waals surface area (Å²) in [6.45, 7) is 10.3. The molecule has 6 rings (SSSR count). The third-order valence-electron chi connectivity index (χ3n) is 7.27. The van der Waals surface area contributed by atoms with Gasteiger partial charge in [0, 0.05) is 55.4 Å². The molecule has 0 N–H and O–H groups in total. The zero-order chi connectivity index (χ0) is 18.3. The number of para-hydroxylation sites is 1. The van der Waals surface area contributed by atoms with Crippen molar-refractivity contribution in [3.8, 4) is 0 Å². The SMILES string of the molecule is CCCC12CN3CC(C)(CN(C1)C3c1c(C)n(C)c3ccccc13)C2=O. The maximum Gasteiger partial charge on any atom is 0.150 e. The Morgan fingerprint density at radius 1 is 1.12 bits per heavy atom. The Morgan fingerprint density at radius 3 is 2.42 bits per heavy atom. The number of hydrogen-bond acceptors (Lipinski definition) is 3. The summed E-state index contributed by atoms with van der Waals surface area (Å²) in [6, 6.07) is 8.75. The Kier molecular flexibility index (Phi) is 3.31. The van der Waals surface area contributed by atoms with E-state index < -0.39 is 0 Å². The molecule has 0 aliphatic carbocycles. The van der Waals surface area contributed by atoms with Crippen molar-refractivity contribution in [2.45, 2.75) is 39.8 Å². The molecule has 4 heteroatoms. The molecule has 0 radical (unpaired) electrons. The first-order chi connectivity index (χ1) is 12.4. The normalized spacial score (nSPS) is 38.5. The van der Waals surface area contributed by atoms with Crippen molar-refractivity contribution >= 4 is 16.7 Å². The van der Waals surface area contributed by atoms with E-state index in [4.69, 9.17) is 0 Å². The first-order valence-corrected chi connectivity index (χ1v) is 9.97. The van der Waals surface area contributed by atoms with Crippen LogP contribution in [0.15, 0.2) is 24.3 Å². The smallest absolute Gasteiger partial charge is 0.150 e. The third-order valence-corrected chi connectivity index (χ3v) is 7.27. The molecule has 1 aromatic heterocycles. The molecule has 2 unspecified atom stereocenters. The number of carbonyl (C=O) groups is 1. The number of nitrogens with zero attached hydrogens (tertiary/aromatic N) is 3. The summed E-state index contributed by atoms with van der Waals surface area (Å²) in [6.07, 6.45) is 2.42. The van der Waals surface area contributed by atoms with Gasteiger partial charge in [-0.05, 0) is 19.4 Å². The number of benzene rings is 1. The van der Waals surface area contributed by atoms with Crippen LogP contribution in [0.5, 0.6) is 0 Å². The van der Waals surface area contributed by atoms with Crippen molar-refractivity contribution in [3.63, 3.8) is 0 Å². The fraction of sp³-hybridized carbons (Fsp3) is 0.591. The van der Waals surface area contributed by atoms with E-state index in [0.717, 1.165) is 39.0 Å². The minimum atomic E-state index is -0.194. The number of rotatable bonds is 3. The summed E-state index contributed by atoms with van der Waals surface area (Å²) < 4.78 is 2.33. The lowest BCUT2D eigenvalue weighted by atomic mass is 9.59. The zero-order valence-corrected chi connectivity index (χ0v) is 16.4. The molecule has 4 aliphatic rings. The first kappa shape index (κ1) is 16.5. The molecule has 26 heavy (non-hydrogen) atoms. The molecule has 138 valence electrons. The van der Waals surface area contributed by atoms with Crippen molar-refractivity contribution in [2.75, 3.05) is 26.2 Å². The molecule has 0 spiro atoms. The highest BCUT2D eigenvalue weighted by Gasteiger charge is 2.63. The largest absolute Gasteiger partial charge is 0.348 e. The number of piperidine rings is 2. The van der Waals surface area contributed by atoms with Crippen LogP contribution < -0.4 is 0 Å². The number of hydrogen-bond donors (Lipinski definition) is 0. The number of aryl methyl sites for hydroxylation is 1. The van der Waals surface area contributed by atoms with Gasteiger partial charge in [-0.1, -0.05) is 38.5 Å². The lowest BCUT2D eigenvalue weighted by molar-refractivity contribution is -0.201. The van der Waals surface area contributed by atoms with Crippen LogP contribution in [0.3, 0.4) is 0 Å². The van der Waals surface area contributed by atoms with E-state index in [2.05, 4.69) is 66.5 Å². The summed E-state index contributed by atoms with van der Waals surface area (Å²) in [5.41, 5.74) is 3.77. The quantitative estimate of drug-likeness (QED) is 0.847.